The van der Waals surface area contributed by atoms with Crippen molar-refractivity contribution in [2.24, 2.45) is 34.0 Å². The van der Waals surface area contributed by atoms with Gasteiger partial charge in [-0.25, -0.2) is 0 Å². The molecule has 6 atom stereocenters. The smallest absolute Gasteiger partial charge is 0.309 e. The maximum Gasteiger partial charge on any atom is 0.309 e. The van der Waals surface area contributed by atoms with Crippen molar-refractivity contribution in [3.05, 3.63) is 0 Å². The molecule has 0 heterocycles. The molecule has 0 aromatic rings. The summed E-state index contributed by atoms with van der Waals surface area (Å²) in [6, 6.07) is 0. The highest BCUT2D eigenvalue weighted by atomic mass is 16.4. The van der Waals surface area contributed by atoms with Crippen LogP contribution in [-0.4, -0.2) is 16.9 Å². The number of aliphatic carboxylic acids is 1. The third-order valence-corrected chi connectivity index (χ3v) is 8.37. The van der Waals surface area contributed by atoms with Gasteiger partial charge in [0, 0.05) is 12.3 Å². The van der Waals surface area contributed by atoms with E-state index in [1.54, 1.807) is 0 Å². The molecule has 4 saturated carbocycles. The van der Waals surface area contributed by atoms with Gasteiger partial charge >= 0.3 is 5.97 Å². The number of carbonyl (C=O) groups is 2. The summed E-state index contributed by atoms with van der Waals surface area (Å²) in [5.41, 5.74) is -0.213. The first kappa shape index (κ1) is 14.7. The second kappa shape index (κ2) is 4.36. The first-order chi connectivity index (χ1) is 10.3. The van der Waals surface area contributed by atoms with Gasteiger partial charge in [-0.2, -0.15) is 0 Å². The minimum absolute atomic E-state index is 0.124. The molecule has 0 aromatic carbocycles. The quantitative estimate of drug-likeness (QED) is 0.795. The molecule has 3 nitrogen and oxygen atoms in total. The van der Waals surface area contributed by atoms with Crippen LogP contribution in [0, 0.1) is 34.0 Å². The molecule has 22 heavy (non-hydrogen) atoms. The number of hydrogen-bond acceptors (Lipinski definition) is 2. The maximum absolute atomic E-state index is 12.3. The monoisotopic (exact) mass is 304 g/mol. The van der Waals surface area contributed by atoms with E-state index in [0.29, 0.717) is 17.6 Å². The largest absolute Gasteiger partial charge is 0.481 e. The van der Waals surface area contributed by atoms with Gasteiger partial charge in [-0.3, -0.25) is 9.59 Å². The molecule has 1 spiro atoms. The van der Waals surface area contributed by atoms with Gasteiger partial charge in [0.05, 0.1) is 5.41 Å². The SMILES string of the molecule is C[C@@]12CCC[C@@](C)(C(=O)O)C1CC[C@]13CC(=O)[C@@H](CCC12)C3. The van der Waals surface area contributed by atoms with Crippen molar-refractivity contribution in [1.29, 1.82) is 0 Å². The Hall–Kier alpha value is -0.860. The Morgan fingerprint density at radius 3 is 2.59 bits per heavy atom. The van der Waals surface area contributed by atoms with E-state index >= 15 is 0 Å². The summed E-state index contributed by atoms with van der Waals surface area (Å²) >= 11 is 0. The molecule has 3 heteroatoms. The molecule has 0 aliphatic heterocycles. The van der Waals surface area contributed by atoms with Crippen molar-refractivity contribution in [3.8, 4) is 0 Å². The van der Waals surface area contributed by atoms with Crippen LogP contribution in [0.2, 0.25) is 0 Å². The van der Waals surface area contributed by atoms with E-state index in [4.69, 9.17) is 0 Å². The Kier molecular flexibility index (Phi) is 2.92. The molecule has 4 aliphatic carbocycles. The summed E-state index contributed by atoms with van der Waals surface area (Å²) in [7, 11) is 0. The average molecular weight is 304 g/mol. The standard InChI is InChI=1S/C19H28O3/c1-17-7-3-8-18(2,16(21)22)14(17)6-9-19-10-12(13(20)11-19)4-5-15(17)19/h12,14-15H,3-11H2,1-2H3,(H,21,22)/t12-,14?,15?,17+,18+,19-/m0/s1. The van der Waals surface area contributed by atoms with Crippen molar-refractivity contribution >= 4 is 11.8 Å². The summed E-state index contributed by atoms with van der Waals surface area (Å²) in [4.78, 5) is 24.3. The fourth-order valence-electron chi connectivity index (χ4n) is 7.43. The Labute approximate surface area is 132 Å². The molecule has 2 unspecified atom stereocenters. The van der Waals surface area contributed by atoms with Gasteiger partial charge < -0.3 is 5.11 Å². The molecule has 4 fully saturated rings. The average Bonchev–Trinajstić information content (AvgIpc) is 2.68. The first-order valence-electron chi connectivity index (χ1n) is 9.08. The Balaban J connectivity index is 1.75. The minimum atomic E-state index is -0.601. The minimum Gasteiger partial charge on any atom is -0.481 e. The lowest BCUT2D eigenvalue weighted by Crippen LogP contribution is -2.58. The fraction of sp³-hybridized carbons (Fsp3) is 0.895. The van der Waals surface area contributed by atoms with Gasteiger partial charge in [-0.15, -0.1) is 0 Å². The lowest BCUT2D eigenvalue weighted by atomic mass is 9.41. The molecule has 0 amide bonds. The van der Waals surface area contributed by atoms with E-state index < -0.39 is 11.4 Å². The number of hydrogen-bond donors (Lipinski definition) is 1. The third-order valence-electron chi connectivity index (χ3n) is 8.37. The summed E-state index contributed by atoms with van der Waals surface area (Å²) in [5.74, 6) is 1.08. The first-order valence-corrected chi connectivity index (χ1v) is 9.08. The molecular weight excluding hydrogens is 276 g/mol. The van der Waals surface area contributed by atoms with E-state index in [2.05, 4.69) is 6.92 Å². The van der Waals surface area contributed by atoms with Crippen LogP contribution in [0.25, 0.3) is 0 Å². The van der Waals surface area contributed by atoms with Gasteiger partial charge in [0.25, 0.3) is 0 Å². The zero-order chi connectivity index (χ0) is 15.8. The Morgan fingerprint density at radius 1 is 1.09 bits per heavy atom. The molecule has 122 valence electrons. The van der Waals surface area contributed by atoms with E-state index in [0.717, 1.165) is 57.8 Å². The molecule has 4 aliphatic rings. The van der Waals surface area contributed by atoms with E-state index in [1.807, 2.05) is 6.92 Å². The number of Topliss-reactive ketones (excluding diaryl/α,β-unsaturated/α-hetero) is 1. The van der Waals surface area contributed by atoms with Crippen LogP contribution in [0.15, 0.2) is 0 Å². The summed E-state index contributed by atoms with van der Waals surface area (Å²) in [6.07, 6.45) is 9.20. The number of carbonyl (C=O) groups excluding carboxylic acids is 1. The van der Waals surface area contributed by atoms with Crippen molar-refractivity contribution in [2.45, 2.75) is 71.6 Å². The summed E-state index contributed by atoms with van der Waals surface area (Å²) in [6.45, 7) is 4.35. The molecule has 0 aromatic heterocycles. The summed E-state index contributed by atoms with van der Waals surface area (Å²) < 4.78 is 0. The van der Waals surface area contributed by atoms with Gasteiger partial charge in [0.2, 0.25) is 0 Å². The predicted molar refractivity (Wildman–Crippen MR) is 83.3 cm³/mol. The highest BCUT2D eigenvalue weighted by Crippen LogP contribution is 2.70. The second-order valence-electron chi connectivity index (χ2n) is 9.21. The maximum atomic E-state index is 12.3. The van der Waals surface area contributed by atoms with Crippen LogP contribution in [-0.2, 0) is 9.59 Å². The van der Waals surface area contributed by atoms with Crippen LogP contribution < -0.4 is 0 Å². The van der Waals surface area contributed by atoms with E-state index in [-0.39, 0.29) is 16.7 Å². The van der Waals surface area contributed by atoms with Gasteiger partial charge in [-0.1, -0.05) is 13.3 Å². The highest BCUT2D eigenvalue weighted by molar-refractivity contribution is 5.84. The molecule has 0 saturated heterocycles. The number of carboxylic acid groups (broad SMARTS) is 1. The van der Waals surface area contributed by atoms with Crippen molar-refractivity contribution in [3.63, 3.8) is 0 Å². The fourth-order valence-corrected chi connectivity index (χ4v) is 7.43. The molecule has 2 bridgehead atoms. The van der Waals surface area contributed by atoms with Gasteiger partial charge in [-0.05, 0) is 74.5 Å². The van der Waals surface area contributed by atoms with Crippen LogP contribution in [0.3, 0.4) is 0 Å². The van der Waals surface area contributed by atoms with E-state index in [1.165, 1.54) is 0 Å². The zero-order valence-electron chi connectivity index (χ0n) is 13.9. The topological polar surface area (TPSA) is 54.4 Å². The number of ketones is 1. The third kappa shape index (κ3) is 1.63. The Morgan fingerprint density at radius 2 is 1.86 bits per heavy atom. The zero-order valence-corrected chi connectivity index (χ0v) is 13.9. The van der Waals surface area contributed by atoms with Crippen LogP contribution in [0.5, 0.6) is 0 Å². The van der Waals surface area contributed by atoms with Crippen LogP contribution in [0.1, 0.15) is 71.6 Å². The van der Waals surface area contributed by atoms with E-state index in [9.17, 15) is 14.7 Å². The Bertz CT molecular complexity index is 541. The van der Waals surface area contributed by atoms with Crippen LogP contribution in [0.4, 0.5) is 0 Å². The molecule has 1 N–H and O–H groups in total. The number of fused-ring (bicyclic) bond motifs is 3. The van der Waals surface area contributed by atoms with Crippen LogP contribution >= 0.6 is 0 Å². The van der Waals surface area contributed by atoms with Gasteiger partial charge in [0.15, 0.2) is 0 Å². The number of rotatable bonds is 1. The summed E-state index contributed by atoms with van der Waals surface area (Å²) in [5, 5.41) is 9.86. The second-order valence-corrected chi connectivity index (χ2v) is 9.21. The lowest BCUT2D eigenvalue weighted by molar-refractivity contribution is -0.181. The molecule has 4 rings (SSSR count). The van der Waals surface area contributed by atoms with Crippen molar-refractivity contribution in [1.82, 2.24) is 0 Å². The lowest BCUT2D eigenvalue weighted by Gasteiger charge is -2.63. The predicted octanol–water partition coefficient (Wildman–Crippen LogP) is 4.05. The normalized spacial score (nSPS) is 53.7. The number of carboxylic acids is 1. The highest BCUT2D eigenvalue weighted by Gasteiger charge is 2.65. The van der Waals surface area contributed by atoms with Crippen molar-refractivity contribution in [2.75, 3.05) is 0 Å². The van der Waals surface area contributed by atoms with Gasteiger partial charge in [0.1, 0.15) is 5.78 Å². The van der Waals surface area contributed by atoms with Crippen molar-refractivity contribution < 1.29 is 14.7 Å². The molecule has 0 radical (unpaired) electrons. The molecular formula is C19H28O3.